The average molecular weight is 430 g/mol. The highest BCUT2D eigenvalue weighted by Gasteiger charge is 2.15. The second-order valence-corrected chi connectivity index (χ2v) is 8.02. The van der Waals surface area contributed by atoms with Gasteiger partial charge in [0.1, 0.15) is 10.8 Å². The molecule has 146 valence electrons. The van der Waals surface area contributed by atoms with E-state index in [2.05, 4.69) is 9.88 Å². The van der Waals surface area contributed by atoms with Crippen molar-refractivity contribution in [1.82, 2.24) is 14.8 Å². The van der Waals surface area contributed by atoms with E-state index in [1.165, 1.54) is 0 Å². The normalized spacial score (nSPS) is 14.9. The van der Waals surface area contributed by atoms with E-state index in [0.29, 0.717) is 22.3 Å². The van der Waals surface area contributed by atoms with Crippen molar-refractivity contribution in [3.8, 4) is 5.75 Å². The molecule has 2 heterocycles. The minimum atomic E-state index is -0.159. The predicted molar refractivity (Wildman–Crippen MR) is 107 cm³/mol. The standard InChI is InChI=1S/C18H21Cl2N3O3S/c1-22(18(24)11-26-16-8-13(19)2-3-15(16)20)9-14-12-27-17(21-14)10-23-4-6-25-7-5-23/h2-3,8,12H,4-7,9-11H2,1H3. The largest absolute Gasteiger partial charge is 0.482 e. The van der Waals surface area contributed by atoms with E-state index in [1.807, 2.05) is 5.38 Å². The number of benzene rings is 1. The van der Waals surface area contributed by atoms with Gasteiger partial charge in [0.15, 0.2) is 6.61 Å². The molecule has 3 rings (SSSR count). The summed E-state index contributed by atoms with van der Waals surface area (Å²) < 4.78 is 10.9. The predicted octanol–water partition coefficient (Wildman–Crippen LogP) is 3.32. The molecule has 9 heteroatoms. The number of amides is 1. The second kappa shape index (κ2) is 9.71. The first kappa shape index (κ1) is 20.4. The topological polar surface area (TPSA) is 54.9 Å². The summed E-state index contributed by atoms with van der Waals surface area (Å²) in [6.45, 7) is 4.54. The van der Waals surface area contributed by atoms with Gasteiger partial charge in [0.2, 0.25) is 0 Å². The van der Waals surface area contributed by atoms with Crippen LogP contribution in [-0.2, 0) is 22.6 Å². The molecule has 1 amide bonds. The van der Waals surface area contributed by atoms with Gasteiger partial charge >= 0.3 is 0 Å². The fourth-order valence-electron chi connectivity index (χ4n) is 2.61. The number of morpholine rings is 1. The molecule has 27 heavy (non-hydrogen) atoms. The van der Waals surface area contributed by atoms with Crippen molar-refractivity contribution in [2.24, 2.45) is 0 Å². The van der Waals surface area contributed by atoms with Crippen LogP contribution in [0.25, 0.3) is 0 Å². The maximum atomic E-state index is 12.3. The van der Waals surface area contributed by atoms with Crippen LogP contribution in [0.4, 0.5) is 0 Å². The van der Waals surface area contributed by atoms with Crippen LogP contribution in [0.3, 0.4) is 0 Å². The molecule has 1 aromatic heterocycles. The molecule has 0 aliphatic carbocycles. The maximum absolute atomic E-state index is 12.3. The Bertz CT molecular complexity index is 781. The van der Waals surface area contributed by atoms with Crippen molar-refractivity contribution in [1.29, 1.82) is 0 Å². The lowest BCUT2D eigenvalue weighted by Crippen LogP contribution is -2.35. The van der Waals surface area contributed by atoms with Crippen LogP contribution in [0.1, 0.15) is 10.7 Å². The van der Waals surface area contributed by atoms with Crippen LogP contribution in [0.15, 0.2) is 23.6 Å². The minimum absolute atomic E-state index is 0.110. The monoisotopic (exact) mass is 429 g/mol. The third-order valence-electron chi connectivity index (χ3n) is 4.13. The number of nitrogens with zero attached hydrogens (tertiary/aromatic N) is 3. The maximum Gasteiger partial charge on any atom is 0.260 e. The van der Waals surface area contributed by atoms with Crippen molar-refractivity contribution in [2.45, 2.75) is 13.1 Å². The molecule has 0 spiro atoms. The lowest BCUT2D eigenvalue weighted by molar-refractivity contribution is -0.132. The van der Waals surface area contributed by atoms with Gasteiger partial charge in [-0.25, -0.2) is 4.98 Å². The quantitative estimate of drug-likeness (QED) is 0.675. The molecule has 1 aliphatic rings. The van der Waals surface area contributed by atoms with Crippen LogP contribution in [0, 0.1) is 0 Å². The van der Waals surface area contributed by atoms with Gasteiger partial charge in [-0.1, -0.05) is 23.2 Å². The first-order valence-corrected chi connectivity index (χ1v) is 10.2. The van der Waals surface area contributed by atoms with Gasteiger partial charge in [-0.05, 0) is 12.1 Å². The first-order valence-electron chi connectivity index (χ1n) is 8.56. The highest BCUT2D eigenvalue weighted by molar-refractivity contribution is 7.09. The summed E-state index contributed by atoms with van der Waals surface area (Å²) in [5.74, 6) is 0.237. The Morgan fingerprint density at radius 2 is 2.15 bits per heavy atom. The first-order chi connectivity index (χ1) is 13.0. The molecular formula is C18H21Cl2N3O3S. The fraction of sp³-hybridized carbons (Fsp3) is 0.444. The van der Waals surface area contributed by atoms with Crippen LogP contribution in [0.2, 0.25) is 10.0 Å². The smallest absolute Gasteiger partial charge is 0.260 e. The van der Waals surface area contributed by atoms with Gasteiger partial charge in [-0.3, -0.25) is 9.69 Å². The van der Waals surface area contributed by atoms with Crippen molar-refractivity contribution < 1.29 is 14.3 Å². The number of aromatic nitrogens is 1. The molecule has 1 aromatic carbocycles. The Kier molecular flexibility index (Phi) is 7.32. The van der Waals surface area contributed by atoms with E-state index < -0.39 is 0 Å². The summed E-state index contributed by atoms with van der Waals surface area (Å²) >= 11 is 13.6. The van der Waals surface area contributed by atoms with Gasteiger partial charge in [-0.2, -0.15) is 0 Å². The number of carbonyl (C=O) groups excluding carboxylic acids is 1. The number of thiazole rings is 1. The van der Waals surface area contributed by atoms with Crippen LogP contribution in [-0.4, -0.2) is 60.6 Å². The average Bonchev–Trinajstić information content (AvgIpc) is 3.09. The molecule has 1 aliphatic heterocycles. The summed E-state index contributed by atoms with van der Waals surface area (Å²) in [5, 5.41) is 3.97. The third-order valence-corrected chi connectivity index (χ3v) is 5.56. The van der Waals surface area contributed by atoms with Gasteiger partial charge in [0, 0.05) is 36.6 Å². The number of hydrogen-bond acceptors (Lipinski definition) is 6. The lowest BCUT2D eigenvalue weighted by Gasteiger charge is -2.25. The molecule has 2 aromatic rings. The Morgan fingerprint density at radius 1 is 1.37 bits per heavy atom. The van der Waals surface area contributed by atoms with Gasteiger partial charge in [0.05, 0.1) is 37.0 Å². The molecule has 1 fully saturated rings. The molecule has 0 N–H and O–H groups in total. The zero-order valence-corrected chi connectivity index (χ0v) is 17.3. The van der Waals surface area contributed by atoms with Crippen molar-refractivity contribution in [2.75, 3.05) is 40.0 Å². The number of carbonyl (C=O) groups is 1. The summed E-state index contributed by atoms with van der Waals surface area (Å²) in [5.41, 5.74) is 0.875. The summed E-state index contributed by atoms with van der Waals surface area (Å²) in [7, 11) is 1.73. The minimum Gasteiger partial charge on any atom is -0.482 e. The third kappa shape index (κ3) is 6.05. The summed E-state index contributed by atoms with van der Waals surface area (Å²) in [6.07, 6.45) is 0. The van der Waals surface area contributed by atoms with Crippen LogP contribution in [0.5, 0.6) is 5.75 Å². The number of ether oxygens (including phenoxy) is 2. The molecule has 0 bridgehead atoms. The molecule has 0 saturated carbocycles. The number of halogens is 2. The number of rotatable bonds is 7. The van der Waals surface area contributed by atoms with E-state index in [0.717, 1.165) is 43.5 Å². The highest BCUT2D eigenvalue weighted by atomic mass is 35.5. The van der Waals surface area contributed by atoms with Crippen LogP contribution >= 0.6 is 34.5 Å². The highest BCUT2D eigenvalue weighted by Crippen LogP contribution is 2.27. The SMILES string of the molecule is CN(Cc1csc(CN2CCOCC2)n1)C(=O)COc1cc(Cl)ccc1Cl. The van der Waals surface area contributed by atoms with Gasteiger partial charge in [-0.15, -0.1) is 11.3 Å². The van der Waals surface area contributed by atoms with E-state index in [-0.39, 0.29) is 12.5 Å². The number of likely N-dealkylation sites (N-methyl/N-ethyl adjacent to an activating group) is 1. The molecule has 6 nitrogen and oxygen atoms in total. The molecule has 0 unspecified atom stereocenters. The van der Waals surface area contributed by atoms with Crippen molar-refractivity contribution in [3.05, 3.63) is 44.3 Å². The van der Waals surface area contributed by atoms with E-state index in [1.54, 1.807) is 41.5 Å². The molecular weight excluding hydrogens is 409 g/mol. The van der Waals surface area contributed by atoms with E-state index >= 15 is 0 Å². The molecule has 0 atom stereocenters. The number of hydrogen-bond donors (Lipinski definition) is 0. The fourth-order valence-corrected chi connectivity index (χ4v) is 3.77. The zero-order chi connectivity index (χ0) is 19.2. The van der Waals surface area contributed by atoms with Crippen molar-refractivity contribution in [3.63, 3.8) is 0 Å². The Balaban J connectivity index is 1.48. The molecule has 1 saturated heterocycles. The molecule has 0 radical (unpaired) electrons. The van der Waals surface area contributed by atoms with Gasteiger partial charge in [0.25, 0.3) is 5.91 Å². The summed E-state index contributed by atoms with van der Waals surface area (Å²) in [4.78, 5) is 20.9. The summed E-state index contributed by atoms with van der Waals surface area (Å²) in [6, 6.07) is 4.90. The van der Waals surface area contributed by atoms with Crippen LogP contribution < -0.4 is 4.74 Å². The zero-order valence-electron chi connectivity index (χ0n) is 15.0. The van der Waals surface area contributed by atoms with E-state index in [4.69, 9.17) is 32.7 Å². The Labute approximate surface area is 172 Å². The Morgan fingerprint density at radius 3 is 2.93 bits per heavy atom. The van der Waals surface area contributed by atoms with Gasteiger partial charge < -0.3 is 14.4 Å². The Hall–Kier alpha value is -1.38. The van der Waals surface area contributed by atoms with Crippen molar-refractivity contribution >= 4 is 40.4 Å². The second-order valence-electron chi connectivity index (χ2n) is 6.23. The lowest BCUT2D eigenvalue weighted by atomic mass is 10.3. The van der Waals surface area contributed by atoms with E-state index in [9.17, 15) is 4.79 Å².